The van der Waals surface area contributed by atoms with Crippen molar-refractivity contribution < 1.29 is 52.2 Å². The molecule has 4 aliphatic heterocycles. The Kier molecular flexibility index (Phi) is 19.1. The average Bonchev–Trinajstić information content (AvgIpc) is 4.19. The molecule has 1 aromatic heterocycles. The lowest BCUT2D eigenvalue weighted by Gasteiger charge is -2.52. The molecule has 1 amide bonds. The molecule has 4 saturated heterocycles. The topological polar surface area (TPSA) is 180 Å². The molecule has 0 bridgehead atoms. The fourth-order valence-corrected chi connectivity index (χ4v) is 12.1. The number of aromatic amines is 1. The quantitative estimate of drug-likeness (QED) is 0.0593. The van der Waals surface area contributed by atoms with Crippen LogP contribution in [0.4, 0.5) is 4.79 Å². The van der Waals surface area contributed by atoms with Crippen molar-refractivity contribution in [3.63, 3.8) is 0 Å². The van der Waals surface area contributed by atoms with Gasteiger partial charge < -0.3 is 52.7 Å². The molecule has 17 nitrogen and oxygen atoms in total. The van der Waals surface area contributed by atoms with Crippen LogP contribution >= 0.6 is 11.8 Å². The van der Waals surface area contributed by atoms with Crippen LogP contribution in [-0.2, 0) is 80.4 Å². The van der Waals surface area contributed by atoms with Crippen LogP contribution in [0.1, 0.15) is 61.7 Å². The number of benzene rings is 5. The van der Waals surface area contributed by atoms with E-state index in [9.17, 15) is 9.59 Å². The molecular weight excluding hydrogens is 1040 g/mol. The number of hydrogen-bond acceptors (Lipinski definition) is 15. The maximum Gasteiger partial charge on any atom is 0.410 e. The number of nitrogens with zero attached hydrogens (tertiary/aromatic N) is 2. The molecule has 11 atom stereocenters. The van der Waals surface area contributed by atoms with Gasteiger partial charge in [0.15, 0.2) is 17.8 Å². The van der Waals surface area contributed by atoms with Gasteiger partial charge >= 0.3 is 11.8 Å². The van der Waals surface area contributed by atoms with Crippen molar-refractivity contribution in [2.24, 2.45) is 0 Å². The monoisotopic (exact) mass is 1110 g/mol. The minimum atomic E-state index is -0.910. The molecule has 2 N–H and O–H groups in total. The van der Waals surface area contributed by atoms with Gasteiger partial charge in [-0.3, -0.25) is 19.2 Å². The Labute approximate surface area is 471 Å². The highest BCUT2D eigenvalue weighted by atomic mass is 32.2. The molecule has 0 radical (unpaired) electrons. The fraction of sp³-hybridized carbons (Fsp3) is 0.435. The zero-order valence-electron chi connectivity index (χ0n) is 45.6. The second-order valence-electron chi connectivity index (χ2n) is 21.4. The molecule has 0 saturated carbocycles. The van der Waals surface area contributed by atoms with E-state index >= 15 is 4.79 Å². The van der Waals surface area contributed by atoms with Crippen molar-refractivity contribution in [2.75, 3.05) is 31.2 Å². The SMILES string of the molecule is CC1(C)O[C@@H]2[C@H](O1)[C@@H](CSC[C@@H]1OC(C)(C)O[C@H]1CNC[C@@H]1[C@H](OCc3ccccc3)[C@@H](OCc3ccccc3)[C@@H](OCc3ccccc3)[C@@H](COCc3ccccc3)N1C(=O)OCc1ccccc1)O[C@H]2n1ccc(=O)[nH]c1=O. The van der Waals surface area contributed by atoms with Crippen LogP contribution in [0.2, 0.25) is 0 Å². The maximum absolute atomic E-state index is 15.3. The van der Waals surface area contributed by atoms with Crippen LogP contribution in [0.15, 0.2) is 174 Å². The number of carbonyl (C=O) groups is 1. The summed E-state index contributed by atoms with van der Waals surface area (Å²) in [5.41, 5.74) is 3.59. The van der Waals surface area contributed by atoms with E-state index in [0.29, 0.717) is 24.7 Å². The molecule has 10 rings (SSSR count). The van der Waals surface area contributed by atoms with E-state index in [4.69, 9.17) is 47.4 Å². The number of amides is 1. The zero-order valence-corrected chi connectivity index (χ0v) is 46.4. The van der Waals surface area contributed by atoms with E-state index in [0.717, 1.165) is 27.8 Å². The molecule has 80 heavy (non-hydrogen) atoms. The third-order valence-electron chi connectivity index (χ3n) is 14.6. The predicted octanol–water partition coefficient (Wildman–Crippen LogP) is 8.16. The molecule has 4 fully saturated rings. The lowest BCUT2D eigenvalue weighted by molar-refractivity contribution is -0.222. The summed E-state index contributed by atoms with van der Waals surface area (Å²) in [6.45, 7) is 9.13. The van der Waals surface area contributed by atoms with Gasteiger partial charge in [-0.2, -0.15) is 11.8 Å². The average molecular weight is 1110 g/mol. The van der Waals surface area contributed by atoms with Crippen LogP contribution in [0.3, 0.4) is 0 Å². The molecule has 6 aromatic rings. The molecule has 18 heteroatoms. The van der Waals surface area contributed by atoms with Crippen molar-refractivity contribution in [3.05, 3.63) is 213 Å². The van der Waals surface area contributed by atoms with E-state index in [1.54, 1.807) is 16.7 Å². The number of thioether (sulfide) groups is 1. The Bertz CT molecular complexity index is 3000. The van der Waals surface area contributed by atoms with Gasteiger partial charge in [0.2, 0.25) is 0 Å². The van der Waals surface area contributed by atoms with Crippen molar-refractivity contribution in [1.82, 2.24) is 19.8 Å². The minimum absolute atomic E-state index is 0.0329. The standard InChI is InChI=1S/C62H72N4O13S/c1-61(2)76-49(50(77-61)40-80-41-51-55-57(79-62(3,4)78-55)58(75-51)65-31-30-52(67)64-59(65)68)33-63-32-47-53(71-35-43-22-12-6-13-23-43)56(73-37-45-26-16-8-17-27-45)54(72-36-44-24-14-7-15-25-44)48(39-70-34-42-20-10-5-11-21-42)66(47)60(69)74-38-46-28-18-9-19-29-46/h5-31,47-51,53-58,63H,32-41H2,1-4H3,(H,64,67,68)/t47-,48-,49+,50+,51-,53+,54+,55-,56-,57-,58-/m1/s1. The first kappa shape index (κ1) is 57.2. The Hall–Kier alpha value is -6.00. The van der Waals surface area contributed by atoms with E-state index in [-0.39, 0.29) is 45.7 Å². The van der Waals surface area contributed by atoms with Crippen LogP contribution in [0.25, 0.3) is 0 Å². The van der Waals surface area contributed by atoms with Crippen molar-refractivity contribution in [2.45, 2.75) is 139 Å². The van der Waals surface area contributed by atoms with Crippen molar-refractivity contribution in [3.8, 4) is 0 Å². The smallest absolute Gasteiger partial charge is 0.410 e. The molecule has 4 aliphatic rings. The van der Waals surface area contributed by atoms with Gasteiger partial charge in [-0.25, -0.2) is 9.59 Å². The normalized spacial score (nSPS) is 26.8. The molecule has 0 aliphatic carbocycles. The number of piperidine rings is 1. The van der Waals surface area contributed by atoms with Gasteiger partial charge in [-0.1, -0.05) is 152 Å². The molecular formula is C62H72N4O13S. The first-order valence-electron chi connectivity index (χ1n) is 27.4. The number of nitrogens with one attached hydrogen (secondary N) is 2. The first-order valence-corrected chi connectivity index (χ1v) is 28.6. The summed E-state index contributed by atoms with van der Waals surface area (Å²) in [6, 6.07) is 49.3. The lowest BCUT2D eigenvalue weighted by atomic mass is 9.87. The van der Waals surface area contributed by atoms with E-state index in [1.165, 1.54) is 16.8 Å². The number of carbonyl (C=O) groups excluding carboxylic acids is 1. The van der Waals surface area contributed by atoms with Crippen LogP contribution < -0.4 is 16.6 Å². The van der Waals surface area contributed by atoms with Gasteiger partial charge in [0.25, 0.3) is 5.56 Å². The summed E-state index contributed by atoms with van der Waals surface area (Å²) in [5, 5.41) is 3.73. The zero-order chi connectivity index (χ0) is 55.5. The van der Waals surface area contributed by atoms with Crippen molar-refractivity contribution >= 4 is 17.9 Å². The highest BCUT2D eigenvalue weighted by Gasteiger charge is 2.57. The van der Waals surface area contributed by atoms with E-state index < -0.39 is 90.0 Å². The summed E-state index contributed by atoms with van der Waals surface area (Å²) in [4.78, 5) is 44.3. The summed E-state index contributed by atoms with van der Waals surface area (Å²) in [7, 11) is 0. The number of fused-ring (bicyclic) bond motifs is 1. The number of likely N-dealkylation sites (tertiary alicyclic amines) is 1. The molecule has 5 aromatic carbocycles. The van der Waals surface area contributed by atoms with Crippen molar-refractivity contribution in [1.29, 1.82) is 0 Å². The Morgan fingerprint density at radius 1 is 0.550 bits per heavy atom. The number of ether oxygens (including phenoxy) is 10. The first-order chi connectivity index (χ1) is 38.9. The number of H-pyrrole nitrogens is 1. The summed E-state index contributed by atoms with van der Waals surface area (Å²) < 4.78 is 68.0. The minimum Gasteiger partial charge on any atom is -0.445 e. The van der Waals surface area contributed by atoms with Gasteiger partial charge in [0.1, 0.15) is 43.2 Å². The highest BCUT2D eigenvalue weighted by Crippen LogP contribution is 2.44. The maximum atomic E-state index is 15.3. The van der Waals surface area contributed by atoms with Crippen LogP contribution in [-0.4, -0.2) is 124 Å². The number of rotatable bonds is 24. The van der Waals surface area contributed by atoms with E-state index in [1.807, 2.05) is 179 Å². The Morgan fingerprint density at radius 3 is 1.59 bits per heavy atom. The van der Waals surface area contributed by atoms with Gasteiger partial charge in [0, 0.05) is 36.9 Å². The number of hydrogen-bond donors (Lipinski definition) is 2. The fourth-order valence-electron chi connectivity index (χ4n) is 11.0. The second-order valence-corrected chi connectivity index (χ2v) is 22.5. The summed E-state index contributed by atoms with van der Waals surface area (Å²) in [6.07, 6.45) is -4.51. The largest absolute Gasteiger partial charge is 0.445 e. The third kappa shape index (κ3) is 14.7. The highest BCUT2D eigenvalue weighted by molar-refractivity contribution is 7.99. The Morgan fingerprint density at radius 2 is 1.02 bits per heavy atom. The molecule has 424 valence electrons. The van der Waals surface area contributed by atoms with E-state index in [2.05, 4.69) is 10.3 Å². The summed E-state index contributed by atoms with van der Waals surface area (Å²) in [5.74, 6) is -0.798. The lowest BCUT2D eigenvalue weighted by Crippen LogP contribution is -2.72. The Balaban J connectivity index is 0.938. The van der Waals surface area contributed by atoms with Crippen LogP contribution in [0, 0.1) is 0 Å². The van der Waals surface area contributed by atoms with Gasteiger partial charge in [-0.05, 0) is 55.5 Å². The molecule has 0 spiro atoms. The molecule has 0 unspecified atom stereocenters. The van der Waals surface area contributed by atoms with Gasteiger partial charge in [0.05, 0.1) is 57.3 Å². The van der Waals surface area contributed by atoms with Crippen LogP contribution in [0.5, 0.6) is 0 Å². The third-order valence-corrected chi connectivity index (χ3v) is 15.7. The number of aromatic nitrogens is 2. The summed E-state index contributed by atoms with van der Waals surface area (Å²) >= 11 is 1.62. The predicted molar refractivity (Wildman–Crippen MR) is 300 cm³/mol. The van der Waals surface area contributed by atoms with Gasteiger partial charge in [-0.15, -0.1) is 0 Å². The second kappa shape index (κ2) is 26.7. The molecule has 5 heterocycles.